The van der Waals surface area contributed by atoms with Crippen LogP contribution in [-0.4, -0.2) is 0 Å². The Labute approximate surface area is 112 Å². The first-order valence-electron chi connectivity index (χ1n) is 5.22. The third-order valence-electron chi connectivity index (χ3n) is 3.14. The predicted octanol–water partition coefficient (Wildman–Crippen LogP) is 5.18. The van der Waals surface area contributed by atoms with Gasteiger partial charge in [0, 0.05) is 10.8 Å². The van der Waals surface area contributed by atoms with Crippen LogP contribution < -0.4 is 0 Å². The molecular formula is C13H10BrClS. The molecule has 0 spiro atoms. The summed E-state index contributed by atoms with van der Waals surface area (Å²) in [6, 6.07) is 10.6. The first-order chi connectivity index (χ1) is 7.77. The van der Waals surface area contributed by atoms with Crippen molar-refractivity contribution < 1.29 is 0 Å². The number of hydrogen-bond donors (Lipinski definition) is 0. The number of halogens is 2. The number of thiophene rings is 1. The number of benzene rings is 1. The standard InChI is InChI=1S/C13H10BrClS/c14-12(13-11(15)5-6-16-13)10-7-8-3-1-2-4-9(8)10/h1-6,10,12H,7H2. The molecule has 0 nitrogen and oxygen atoms in total. The Balaban J connectivity index is 1.90. The molecule has 1 heterocycles. The summed E-state index contributed by atoms with van der Waals surface area (Å²) in [7, 11) is 0. The Morgan fingerprint density at radius 3 is 2.81 bits per heavy atom. The van der Waals surface area contributed by atoms with Crippen molar-refractivity contribution in [1.29, 1.82) is 0 Å². The van der Waals surface area contributed by atoms with Crippen LogP contribution in [-0.2, 0) is 6.42 Å². The highest BCUT2D eigenvalue weighted by Crippen LogP contribution is 2.50. The molecule has 1 aromatic carbocycles. The molecule has 1 aliphatic rings. The normalized spacial score (nSPS) is 20.0. The van der Waals surface area contributed by atoms with Crippen LogP contribution in [0.15, 0.2) is 35.7 Å². The van der Waals surface area contributed by atoms with Crippen LogP contribution >= 0.6 is 38.9 Å². The predicted molar refractivity (Wildman–Crippen MR) is 73.9 cm³/mol. The van der Waals surface area contributed by atoms with E-state index in [2.05, 4.69) is 45.6 Å². The van der Waals surface area contributed by atoms with Gasteiger partial charge in [0.25, 0.3) is 0 Å². The molecule has 3 heteroatoms. The van der Waals surface area contributed by atoms with E-state index in [4.69, 9.17) is 11.6 Å². The van der Waals surface area contributed by atoms with Gasteiger partial charge in [-0.1, -0.05) is 51.8 Å². The maximum absolute atomic E-state index is 6.17. The average Bonchev–Trinajstić information content (AvgIpc) is 2.66. The van der Waals surface area contributed by atoms with Crippen LogP contribution in [0.4, 0.5) is 0 Å². The monoisotopic (exact) mass is 312 g/mol. The lowest BCUT2D eigenvalue weighted by Crippen LogP contribution is -2.20. The zero-order valence-electron chi connectivity index (χ0n) is 8.49. The summed E-state index contributed by atoms with van der Waals surface area (Å²) in [6.07, 6.45) is 1.15. The van der Waals surface area contributed by atoms with Crippen molar-refractivity contribution in [2.75, 3.05) is 0 Å². The topological polar surface area (TPSA) is 0 Å². The maximum Gasteiger partial charge on any atom is 0.0575 e. The summed E-state index contributed by atoms with van der Waals surface area (Å²) in [5.74, 6) is 0.576. The van der Waals surface area contributed by atoms with Crippen molar-refractivity contribution in [3.63, 3.8) is 0 Å². The molecule has 0 saturated heterocycles. The van der Waals surface area contributed by atoms with E-state index < -0.39 is 0 Å². The molecule has 16 heavy (non-hydrogen) atoms. The Kier molecular flexibility index (Phi) is 2.82. The van der Waals surface area contributed by atoms with E-state index in [0.717, 1.165) is 11.4 Å². The van der Waals surface area contributed by atoms with Gasteiger partial charge in [0.2, 0.25) is 0 Å². The smallest absolute Gasteiger partial charge is 0.0575 e. The van der Waals surface area contributed by atoms with Gasteiger partial charge in [-0.25, -0.2) is 0 Å². The largest absolute Gasteiger partial charge is 0.146 e. The van der Waals surface area contributed by atoms with Crippen LogP contribution in [0.25, 0.3) is 0 Å². The van der Waals surface area contributed by atoms with Gasteiger partial charge in [-0.2, -0.15) is 0 Å². The van der Waals surface area contributed by atoms with Gasteiger partial charge in [-0.15, -0.1) is 11.3 Å². The van der Waals surface area contributed by atoms with Gasteiger partial charge in [0.05, 0.1) is 9.85 Å². The molecule has 82 valence electrons. The highest BCUT2D eigenvalue weighted by atomic mass is 79.9. The van der Waals surface area contributed by atoms with E-state index in [0.29, 0.717) is 10.7 Å². The van der Waals surface area contributed by atoms with Crippen molar-refractivity contribution in [3.8, 4) is 0 Å². The molecule has 0 aliphatic heterocycles. The van der Waals surface area contributed by atoms with Crippen molar-refractivity contribution in [2.24, 2.45) is 0 Å². The molecule has 0 fully saturated rings. The van der Waals surface area contributed by atoms with E-state index >= 15 is 0 Å². The quantitative estimate of drug-likeness (QED) is 0.670. The van der Waals surface area contributed by atoms with E-state index in [-0.39, 0.29) is 0 Å². The van der Waals surface area contributed by atoms with E-state index in [1.165, 1.54) is 16.0 Å². The number of hydrogen-bond acceptors (Lipinski definition) is 1. The zero-order chi connectivity index (χ0) is 11.1. The van der Waals surface area contributed by atoms with Crippen LogP contribution in [0.5, 0.6) is 0 Å². The minimum Gasteiger partial charge on any atom is -0.146 e. The Morgan fingerprint density at radius 1 is 1.31 bits per heavy atom. The van der Waals surface area contributed by atoms with Crippen molar-refractivity contribution in [3.05, 3.63) is 56.7 Å². The van der Waals surface area contributed by atoms with Crippen LogP contribution in [0.1, 0.15) is 26.7 Å². The molecule has 0 amide bonds. The van der Waals surface area contributed by atoms with E-state index in [1.54, 1.807) is 11.3 Å². The first-order valence-corrected chi connectivity index (χ1v) is 7.39. The molecule has 1 aliphatic carbocycles. The lowest BCUT2D eigenvalue weighted by Gasteiger charge is -2.33. The summed E-state index contributed by atoms with van der Waals surface area (Å²) in [5.41, 5.74) is 2.94. The lowest BCUT2D eigenvalue weighted by molar-refractivity contribution is 0.605. The molecule has 0 radical (unpaired) electrons. The highest BCUT2D eigenvalue weighted by molar-refractivity contribution is 9.09. The number of rotatable bonds is 2. The van der Waals surface area contributed by atoms with Gasteiger partial charge in [-0.05, 0) is 29.0 Å². The van der Waals surface area contributed by atoms with Gasteiger partial charge >= 0.3 is 0 Å². The third kappa shape index (κ3) is 1.64. The minimum atomic E-state index is 0.356. The van der Waals surface area contributed by atoms with Crippen molar-refractivity contribution >= 4 is 38.9 Å². The van der Waals surface area contributed by atoms with Gasteiger partial charge in [0.15, 0.2) is 0 Å². The summed E-state index contributed by atoms with van der Waals surface area (Å²) in [4.78, 5) is 1.61. The molecule has 2 unspecified atom stereocenters. The van der Waals surface area contributed by atoms with Crippen molar-refractivity contribution in [2.45, 2.75) is 17.2 Å². The molecule has 1 aromatic heterocycles. The summed E-state index contributed by atoms with van der Waals surface area (Å²) in [6.45, 7) is 0. The lowest BCUT2D eigenvalue weighted by atomic mass is 9.75. The van der Waals surface area contributed by atoms with E-state index in [9.17, 15) is 0 Å². The van der Waals surface area contributed by atoms with Crippen LogP contribution in [0, 0.1) is 0 Å². The SMILES string of the molecule is Clc1ccsc1C(Br)C1Cc2ccccc21. The molecule has 0 N–H and O–H groups in total. The molecule has 0 bridgehead atoms. The van der Waals surface area contributed by atoms with Gasteiger partial charge in [0.1, 0.15) is 0 Å². The second-order valence-corrected chi connectivity index (χ2v) is 6.39. The highest BCUT2D eigenvalue weighted by Gasteiger charge is 2.33. The fourth-order valence-corrected chi connectivity index (χ4v) is 4.63. The fourth-order valence-electron chi connectivity index (χ4n) is 2.24. The number of alkyl halides is 1. The van der Waals surface area contributed by atoms with Crippen LogP contribution in [0.2, 0.25) is 5.02 Å². The number of fused-ring (bicyclic) bond motifs is 1. The summed E-state index contributed by atoms with van der Waals surface area (Å²) >= 11 is 11.7. The second-order valence-electron chi connectivity index (χ2n) is 4.04. The zero-order valence-corrected chi connectivity index (χ0v) is 11.6. The second kappa shape index (κ2) is 4.17. The molecule has 3 rings (SSSR count). The Bertz CT molecular complexity index is 520. The Hall–Kier alpha value is -0.310. The molecule has 2 aromatic rings. The third-order valence-corrected chi connectivity index (χ3v) is 5.98. The summed E-state index contributed by atoms with van der Waals surface area (Å²) in [5, 5.41) is 2.94. The van der Waals surface area contributed by atoms with Crippen LogP contribution in [0.3, 0.4) is 0 Å². The van der Waals surface area contributed by atoms with Gasteiger partial charge < -0.3 is 0 Å². The summed E-state index contributed by atoms with van der Waals surface area (Å²) < 4.78 is 0. The molecule has 2 atom stereocenters. The maximum atomic E-state index is 6.17. The first kappa shape index (κ1) is 10.8. The molecular weight excluding hydrogens is 304 g/mol. The van der Waals surface area contributed by atoms with E-state index in [1.807, 2.05) is 6.07 Å². The fraction of sp³-hybridized carbons (Fsp3) is 0.231. The van der Waals surface area contributed by atoms with Gasteiger partial charge in [-0.3, -0.25) is 0 Å². The average molecular weight is 314 g/mol. The molecule has 0 saturated carbocycles. The van der Waals surface area contributed by atoms with Crippen molar-refractivity contribution in [1.82, 2.24) is 0 Å². The minimum absolute atomic E-state index is 0.356. The Morgan fingerprint density at radius 2 is 2.12 bits per heavy atom.